The third-order valence-corrected chi connectivity index (χ3v) is 4.81. The number of para-hydroxylation sites is 1. The van der Waals surface area contributed by atoms with Crippen LogP contribution in [-0.4, -0.2) is 19.7 Å². The molecule has 0 aliphatic heterocycles. The molecule has 0 fully saturated rings. The highest BCUT2D eigenvalue weighted by atomic mass is 35.5. The first-order valence-electron chi connectivity index (χ1n) is 7.92. The van der Waals surface area contributed by atoms with Crippen LogP contribution < -0.4 is 0 Å². The van der Waals surface area contributed by atoms with Crippen molar-refractivity contribution in [3.63, 3.8) is 0 Å². The maximum Gasteiger partial charge on any atom is 0.196 e. The monoisotopic (exact) mass is 366 g/mol. The molecule has 2 aromatic carbocycles. The second-order valence-corrected chi connectivity index (χ2v) is 6.66. The Morgan fingerprint density at radius 3 is 2.60 bits per heavy atom. The number of nitrogens with zero attached hydrogens (tertiary/aromatic N) is 3. The number of benzene rings is 2. The van der Waals surface area contributed by atoms with Crippen molar-refractivity contribution >= 4 is 34.7 Å². The zero-order valence-electron chi connectivity index (χ0n) is 13.5. The maximum absolute atomic E-state index is 6.00. The Morgan fingerprint density at radius 2 is 1.80 bits per heavy atom. The average Bonchev–Trinajstić information content (AvgIpc) is 3.03. The third kappa shape index (κ3) is 2.97. The Balaban J connectivity index is 1.83. The molecule has 4 aromatic rings. The van der Waals surface area contributed by atoms with Gasteiger partial charge in [0.15, 0.2) is 10.6 Å². The first-order chi connectivity index (χ1) is 12.1. The SMILES string of the molecule is C[C@H](c1ccc(Cl)cc1)n1c(-c2ccc3ccccc3n2)n[nH]c1=S. The van der Waals surface area contributed by atoms with Crippen LogP contribution in [0.1, 0.15) is 18.5 Å². The summed E-state index contributed by atoms with van der Waals surface area (Å²) in [5.41, 5.74) is 2.82. The van der Waals surface area contributed by atoms with Crippen molar-refractivity contribution < 1.29 is 0 Å². The molecule has 2 heterocycles. The molecule has 0 amide bonds. The summed E-state index contributed by atoms with van der Waals surface area (Å²) < 4.78 is 2.54. The van der Waals surface area contributed by atoms with Crippen molar-refractivity contribution in [2.45, 2.75) is 13.0 Å². The normalized spacial score (nSPS) is 12.4. The Bertz CT molecular complexity index is 1100. The number of hydrogen-bond donors (Lipinski definition) is 1. The zero-order chi connectivity index (χ0) is 17.4. The second kappa shape index (κ2) is 6.43. The van der Waals surface area contributed by atoms with Crippen molar-refractivity contribution in [2.75, 3.05) is 0 Å². The molecule has 0 aliphatic rings. The molecule has 0 aliphatic carbocycles. The van der Waals surface area contributed by atoms with Crippen LogP contribution in [0.2, 0.25) is 5.02 Å². The largest absolute Gasteiger partial charge is 0.292 e. The maximum atomic E-state index is 6.00. The predicted octanol–water partition coefficient (Wildman–Crippen LogP) is 5.42. The highest BCUT2D eigenvalue weighted by molar-refractivity contribution is 7.71. The van der Waals surface area contributed by atoms with Crippen LogP contribution >= 0.6 is 23.8 Å². The van der Waals surface area contributed by atoms with E-state index in [-0.39, 0.29) is 6.04 Å². The molecule has 0 unspecified atom stereocenters. The van der Waals surface area contributed by atoms with Crippen LogP contribution in [0.15, 0.2) is 60.7 Å². The van der Waals surface area contributed by atoms with Crippen LogP contribution in [0.4, 0.5) is 0 Å². The van der Waals surface area contributed by atoms with Gasteiger partial charge in [-0.1, -0.05) is 48.0 Å². The lowest BCUT2D eigenvalue weighted by Crippen LogP contribution is -2.09. The van der Waals surface area contributed by atoms with Gasteiger partial charge in [-0.3, -0.25) is 9.67 Å². The number of aromatic amines is 1. The van der Waals surface area contributed by atoms with Gasteiger partial charge in [0.1, 0.15) is 5.69 Å². The summed E-state index contributed by atoms with van der Waals surface area (Å²) >= 11 is 11.5. The van der Waals surface area contributed by atoms with Gasteiger partial charge in [-0.2, -0.15) is 5.10 Å². The topological polar surface area (TPSA) is 46.5 Å². The molecule has 0 radical (unpaired) electrons. The number of pyridine rings is 1. The smallest absolute Gasteiger partial charge is 0.196 e. The Kier molecular flexibility index (Phi) is 4.11. The minimum Gasteiger partial charge on any atom is -0.292 e. The molecule has 4 rings (SSSR count). The minimum absolute atomic E-state index is 0.00628. The highest BCUT2D eigenvalue weighted by Crippen LogP contribution is 2.26. The van der Waals surface area contributed by atoms with E-state index in [9.17, 15) is 0 Å². The molecule has 1 N–H and O–H groups in total. The summed E-state index contributed by atoms with van der Waals surface area (Å²) in [7, 11) is 0. The summed E-state index contributed by atoms with van der Waals surface area (Å²) in [5, 5.41) is 9.12. The zero-order valence-corrected chi connectivity index (χ0v) is 15.1. The quantitative estimate of drug-likeness (QED) is 0.492. The molecular formula is C19H15ClN4S. The van der Waals surface area contributed by atoms with E-state index in [1.807, 2.05) is 65.2 Å². The lowest BCUT2D eigenvalue weighted by Gasteiger charge is -2.16. The number of fused-ring (bicyclic) bond motifs is 1. The van der Waals surface area contributed by atoms with E-state index >= 15 is 0 Å². The Morgan fingerprint density at radius 1 is 1.04 bits per heavy atom. The number of halogens is 1. The first kappa shape index (κ1) is 16.0. The second-order valence-electron chi connectivity index (χ2n) is 5.84. The third-order valence-electron chi connectivity index (χ3n) is 4.27. The number of nitrogens with one attached hydrogen (secondary N) is 1. The Labute approximate surface area is 155 Å². The fourth-order valence-corrected chi connectivity index (χ4v) is 3.34. The predicted molar refractivity (Wildman–Crippen MR) is 103 cm³/mol. The van der Waals surface area contributed by atoms with Crippen molar-refractivity contribution in [2.24, 2.45) is 0 Å². The molecule has 25 heavy (non-hydrogen) atoms. The number of rotatable bonds is 3. The lowest BCUT2D eigenvalue weighted by atomic mass is 10.1. The van der Waals surface area contributed by atoms with Gasteiger partial charge < -0.3 is 0 Å². The van der Waals surface area contributed by atoms with Gasteiger partial charge in [0, 0.05) is 10.4 Å². The van der Waals surface area contributed by atoms with E-state index in [1.54, 1.807) is 0 Å². The van der Waals surface area contributed by atoms with Crippen molar-refractivity contribution in [1.82, 2.24) is 19.7 Å². The van der Waals surface area contributed by atoms with E-state index in [0.717, 1.165) is 28.0 Å². The van der Waals surface area contributed by atoms with Gasteiger partial charge in [-0.05, 0) is 49.0 Å². The van der Waals surface area contributed by atoms with Gasteiger partial charge in [-0.25, -0.2) is 4.98 Å². The molecular weight excluding hydrogens is 352 g/mol. The minimum atomic E-state index is 0.00628. The molecule has 2 aromatic heterocycles. The molecule has 1 atom stereocenters. The summed E-state index contributed by atoms with van der Waals surface area (Å²) in [6.45, 7) is 2.08. The number of H-pyrrole nitrogens is 1. The van der Waals surface area contributed by atoms with Crippen molar-refractivity contribution in [3.8, 4) is 11.5 Å². The fraction of sp³-hybridized carbons (Fsp3) is 0.105. The van der Waals surface area contributed by atoms with Crippen LogP contribution in [-0.2, 0) is 0 Å². The summed E-state index contributed by atoms with van der Waals surface area (Å²) in [5.74, 6) is 0.721. The van der Waals surface area contributed by atoms with Gasteiger partial charge in [0.25, 0.3) is 0 Å². The Hall–Kier alpha value is -2.50. The average molecular weight is 367 g/mol. The molecule has 4 nitrogen and oxygen atoms in total. The van der Waals surface area contributed by atoms with E-state index in [2.05, 4.69) is 17.1 Å². The fourth-order valence-electron chi connectivity index (χ4n) is 2.93. The molecule has 124 valence electrons. The first-order valence-corrected chi connectivity index (χ1v) is 8.70. The molecule has 0 saturated heterocycles. The molecule has 6 heteroatoms. The molecule has 0 spiro atoms. The van der Waals surface area contributed by atoms with Crippen molar-refractivity contribution in [1.29, 1.82) is 0 Å². The molecule has 0 bridgehead atoms. The van der Waals surface area contributed by atoms with Crippen LogP contribution in [0.25, 0.3) is 22.4 Å². The van der Waals surface area contributed by atoms with Crippen LogP contribution in [0.3, 0.4) is 0 Å². The van der Waals surface area contributed by atoms with Crippen molar-refractivity contribution in [3.05, 3.63) is 76.0 Å². The van der Waals surface area contributed by atoms with Gasteiger partial charge in [0.05, 0.1) is 11.6 Å². The van der Waals surface area contributed by atoms with Gasteiger partial charge in [0.2, 0.25) is 0 Å². The van der Waals surface area contributed by atoms with Gasteiger partial charge in [-0.15, -0.1) is 0 Å². The molecule has 0 saturated carbocycles. The van der Waals surface area contributed by atoms with E-state index < -0.39 is 0 Å². The van der Waals surface area contributed by atoms with Gasteiger partial charge >= 0.3 is 0 Å². The number of aromatic nitrogens is 4. The summed E-state index contributed by atoms with van der Waals surface area (Å²) in [6.07, 6.45) is 0. The van der Waals surface area contributed by atoms with E-state index in [0.29, 0.717) is 9.79 Å². The van der Waals surface area contributed by atoms with Crippen LogP contribution in [0.5, 0.6) is 0 Å². The highest BCUT2D eigenvalue weighted by Gasteiger charge is 2.17. The van der Waals surface area contributed by atoms with E-state index in [4.69, 9.17) is 28.8 Å². The lowest BCUT2D eigenvalue weighted by molar-refractivity contribution is 0.634. The summed E-state index contributed by atoms with van der Waals surface area (Å²) in [4.78, 5) is 4.74. The summed E-state index contributed by atoms with van der Waals surface area (Å²) in [6, 6.07) is 19.8. The number of hydrogen-bond acceptors (Lipinski definition) is 3. The standard InChI is InChI=1S/C19H15ClN4S/c1-12(13-6-9-15(20)10-7-13)24-18(22-23-19(24)25)17-11-8-14-4-2-3-5-16(14)21-17/h2-12H,1H3,(H,23,25)/t12-/m1/s1. The van der Waals surface area contributed by atoms with E-state index in [1.165, 1.54) is 0 Å². The van der Waals surface area contributed by atoms with Crippen LogP contribution in [0, 0.1) is 4.77 Å².